The number of aromatic nitrogens is 2. The number of rotatable bonds is 5. The molecule has 0 fully saturated rings. The third-order valence-electron chi connectivity index (χ3n) is 2.51. The van der Waals surface area contributed by atoms with Crippen LogP contribution in [0.4, 0.5) is 5.13 Å². The topological polar surface area (TPSA) is 98.0 Å². The molecule has 1 heterocycles. The van der Waals surface area contributed by atoms with Crippen molar-refractivity contribution in [1.82, 2.24) is 10.2 Å². The van der Waals surface area contributed by atoms with E-state index < -0.39 is 10.0 Å². The highest BCUT2D eigenvalue weighted by Gasteiger charge is 2.20. The van der Waals surface area contributed by atoms with Crippen molar-refractivity contribution >= 4 is 38.1 Å². The lowest BCUT2D eigenvalue weighted by atomic mass is 10.2. The molecule has 3 N–H and O–H groups in total. The van der Waals surface area contributed by atoms with Crippen LogP contribution in [0.15, 0.2) is 23.1 Å². The molecule has 0 amide bonds. The minimum Gasteiger partial charge on any atom is -0.326 e. The van der Waals surface area contributed by atoms with Gasteiger partial charge in [-0.2, -0.15) is 0 Å². The van der Waals surface area contributed by atoms with E-state index in [9.17, 15) is 8.42 Å². The van der Waals surface area contributed by atoms with Crippen LogP contribution < -0.4 is 10.5 Å². The maximum Gasteiger partial charge on any atom is 0.265 e. The van der Waals surface area contributed by atoms with E-state index in [1.54, 1.807) is 6.07 Å². The molecule has 0 unspecified atom stereocenters. The lowest BCUT2D eigenvalue weighted by Gasteiger charge is -2.08. The zero-order chi connectivity index (χ0) is 14.8. The van der Waals surface area contributed by atoms with Crippen molar-refractivity contribution in [3.05, 3.63) is 33.8 Å². The van der Waals surface area contributed by atoms with E-state index in [0.717, 1.165) is 5.01 Å². The lowest BCUT2D eigenvalue weighted by Crippen LogP contribution is -2.14. The molecule has 0 saturated carbocycles. The molecule has 20 heavy (non-hydrogen) atoms. The maximum absolute atomic E-state index is 12.3. The first kappa shape index (κ1) is 15.2. The van der Waals surface area contributed by atoms with E-state index in [1.807, 2.05) is 6.92 Å². The highest BCUT2D eigenvalue weighted by atomic mass is 35.5. The third-order valence-corrected chi connectivity index (χ3v) is 5.44. The Labute approximate surface area is 126 Å². The number of nitrogens with two attached hydrogens (primary N) is 1. The molecule has 0 spiro atoms. The van der Waals surface area contributed by atoms with Crippen LogP contribution in [0.2, 0.25) is 5.02 Å². The second-order valence-corrected chi connectivity index (χ2v) is 7.05. The SMILES string of the molecule is CCc1nnc(NS(=O)(=O)c2cc(CN)ccc2Cl)s1. The van der Waals surface area contributed by atoms with Crippen LogP contribution in [0.5, 0.6) is 0 Å². The molecular formula is C11H13ClN4O2S2. The van der Waals surface area contributed by atoms with Crippen LogP contribution in [-0.2, 0) is 23.0 Å². The predicted molar refractivity (Wildman–Crippen MR) is 79.4 cm³/mol. The number of halogens is 1. The summed E-state index contributed by atoms with van der Waals surface area (Å²) in [6, 6.07) is 4.64. The fraction of sp³-hybridized carbons (Fsp3) is 0.273. The fourth-order valence-electron chi connectivity index (χ4n) is 1.49. The number of anilines is 1. The zero-order valence-electron chi connectivity index (χ0n) is 10.6. The van der Waals surface area contributed by atoms with Gasteiger partial charge in [0.05, 0.1) is 5.02 Å². The van der Waals surface area contributed by atoms with E-state index in [4.69, 9.17) is 17.3 Å². The van der Waals surface area contributed by atoms with Gasteiger partial charge in [-0.05, 0) is 24.1 Å². The minimum atomic E-state index is -3.80. The van der Waals surface area contributed by atoms with Crippen molar-refractivity contribution < 1.29 is 8.42 Å². The summed E-state index contributed by atoms with van der Waals surface area (Å²) in [6.07, 6.45) is 0.697. The van der Waals surface area contributed by atoms with Crippen molar-refractivity contribution in [3.63, 3.8) is 0 Å². The van der Waals surface area contributed by atoms with Gasteiger partial charge in [-0.15, -0.1) is 10.2 Å². The van der Waals surface area contributed by atoms with Gasteiger partial charge in [0.2, 0.25) is 5.13 Å². The number of nitrogens with zero attached hydrogens (tertiary/aromatic N) is 2. The van der Waals surface area contributed by atoms with Crippen LogP contribution in [0.3, 0.4) is 0 Å². The minimum absolute atomic E-state index is 0.0182. The summed E-state index contributed by atoms with van der Waals surface area (Å²) in [5.74, 6) is 0. The Hall–Kier alpha value is -1.22. The summed E-state index contributed by atoms with van der Waals surface area (Å²) < 4.78 is 27.0. The first-order valence-corrected chi connectivity index (χ1v) is 8.47. The van der Waals surface area contributed by atoms with E-state index in [-0.39, 0.29) is 21.6 Å². The largest absolute Gasteiger partial charge is 0.326 e. The number of benzene rings is 1. The van der Waals surface area contributed by atoms with Gasteiger partial charge in [0.25, 0.3) is 10.0 Å². The van der Waals surface area contributed by atoms with E-state index in [2.05, 4.69) is 14.9 Å². The van der Waals surface area contributed by atoms with Crippen molar-refractivity contribution in [2.24, 2.45) is 5.73 Å². The first-order chi connectivity index (χ1) is 9.46. The molecule has 108 valence electrons. The molecule has 2 rings (SSSR count). The second-order valence-electron chi connectivity index (χ2n) is 3.93. The molecule has 0 saturated heterocycles. The Morgan fingerprint density at radius 3 is 2.75 bits per heavy atom. The first-order valence-electron chi connectivity index (χ1n) is 5.80. The van der Waals surface area contributed by atoms with Gasteiger partial charge >= 0.3 is 0 Å². The molecule has 0 aliphatic carbocycles. The van der Waals surface area contributed by atoms with E-state index >= 15 is 0 Å². The van der Waals surface area contributed by atoms with Crippen LogP contribution in [0.25, 0.3) is 0 Å². The van der Waals surface area contributed by atoms with Crippen LogP contribution in [0.1, 0.15) is 17.5 Å². The predicted octanol–water partition coefficient (Wildman–Crippen LogP) is 2.01. The van der Waals surface area contributed by atoms with Gasteiger partial charge in [0, 0.05) is 6.54 Å². The number of hydrogen-bond acceptors (Lipinski definition) is 6. The van der Waals surface area contributed by atoms with E-state index in [0.29, 0.717) is 12.0 Å². The molecule has 6 nitrogen and oxygen atoms in total. The Bertz CT molecular complexity index is 715. The summed E-state index contributed by atoms with van der Waals surface area (Å²) in [6.45, 7) is 2.15. The molecular weight excluding hydrogens is 320 g/mol. The summed E-state index contributed by atoms with van der Waals surface area (Å²) in [4.78, 5) is -0.0182. The average Bonchev–Trinajstić information content (AvgIpc) is 2.86. The van der Waals surface area contributed by atoms with E-state index in [1.165, 1.54) is 23.5 Å². The highest BCUT2D eigenvalue weighted by Crippen LogP contribution is 2.26. The summed E-state index contributed by atoms with van der Waals surface area (Å²) >= 11 is 7.13. The Kier molecular flexibility index (Phi) is 4.59. The average molecular weight is 333 g/mol. The Morgan fingerprint density at radius 1 is 1.40 bits per heavy atom. The molecule has 0 aliphatic heterocycles. The van der Waals surface area contributed by atoms with Gasteiger partial charge < -0.3 is 5.73 Å². The fourth-order valence-corrected chi connectivity index (χ4v) is 3.95. The molecule has 0 radical (unpaired) electrons. The van der Waals surface area contributed by atoms with Gasteiger partial charge in [-0.3, -0.25) is 4.72 Å². The molecule has 0 bridgehead atoms. The molecule has 9 heteroatoms. The Balaban J connectivity index is 2.34. The van der Waals surface area contributed by atoms with Crippen LogP contribution >= 0.6 is 22.9 Å². The van der Waals surface area contributed by atoms with Crippen LogP contribution in [0, 0.1) is 0 Å². The standard InChI is InChI=1S/C11H13ClN4O2S2/c1-2-10-14-15-11(19-10)16-20(17,18)9-5-7(6-13)3-4-8(9)12/h3-5H,2,6,13H2,1H3,(H,15,16). The summed E-state index contributed by atoms with van der Waals surface area (Å²) in [5.41, 5.74) is 6.19. The number of aryl methyl sites for hydroxylation is 1. The van der Waals surface area contributed by atoms with Crippen molar-refractivity contribution in [1.29, 1.82) is 0 Å². The number of sulfonamides is 1. The third kappa shape index (κ3) is 3.26. The van der Waals surface area contributed by atoms with Gasteiger partial charge in [0.15, 0.2) is 0 Å². The lowest BCUT2D eigenvalue weighted by molar-refractivity contribution is 0.601. The second kappa shape index (κ2) is 6.04. The maximum atomic E-state index is 12.3. The number of hydrogen-bond donors (Lipinski definition) is 2. The number of nitrogens with one attached hydrogen (secondary N) is 1. The Morgan fingerprint density at radius 2 is 2.15 bits per heavy atom. The molecule has 1 aromatic carbocycles. The zero-order valence-corrected chi connectivity index (χ0v) is 13.0. The van der Waals surface area contributed by atoms with Crippen molar-refractivity contribution in [2.75, 3.05) is 4.72 Å². The molecule has 0 atom stereocenters. The normalized spacial score (nSPS) is 11.6. The smallest absolute Gasteiger partial charge is 0.265 e. The van der Waals surface area contributed by atoms with Gasteiger partial charge in [-0.25, -0.2) is 8.42 Å². The van der Waals surface area contributed by atoms with Crippen molar-refractivity contribution in [3.8, 4) is 0 Å². The van der Waals surface area contributed by atoms with Crippen LogP contribution in [-0.4, -0.2) is 18.6 Å². The quantitative estimate of drug-likeness (QED) is 0.872. The summed E-state index contributed by atoms with van der Waals surface area (Å²) in [5, 5.41) is 8.74. The van der Waals surface area contributed by atoms with Gasteiger partial charge in [-0.1, -0.05) is 35.9 Å². The summed E-state index contributed by atoms with van der Waals surface area (Å²) in [7, 11) is -3.80. The van der Waals surface area contributed by atoms with Crippen molar-refractivity contribution in [2.45, 2.75) is 24.8 Å². The molecule has 2 aromatic rings. The monoisotopic (exact) mass is 332 g/mol. The van der Waals surface area contributed by atoms with Gasteiger partial charge in [0.1, 0.15) is 9.90 Å². The molecule has 1 aromatic heterocycles. The molecule has 0 aliphatic rings. The highest BCUT2D eigenvalue weighted by molar-refractivity contribution is 7.93.